The summed E-state index contributed by atoms with van der Waals surface area (Å²) in [7, 11) is 0. The van der Waals surface area contributed by atoms with E-state index in [1.165, 1.54) is 6.07 Å². The lowest BCUT2D eigenvalue weighted by atomic mass is 9.72. The number of carbonyl (C=O) groups is 2. The van der Waals surface area contributed by atoms with Crippen LogP contribution in [0.2, 0.25) is 0 Å². The Bertz CT molecular complexity index is 1440. The first-order chi connectivity index (χ1) is 17.8. The monoisotopic (exact) mass is 536 g/mol. The fourth-order valence-electron chi connectivity index (χ4n) is 5.28. The molecule has 0 unspecified atom stereocenters. The summed E-state index contributed by atoms with van der Waals surface area (Å²) in [4.78, 5) is 28.5. The Kier molecular flexibility index (Phi) is 7.05. The van der Waals surface area contributed by atoms with Crippen molar-refractivity contribution >= 4 is 40.5 Å². The number of rotatable bonds is 5. The lowest BCUT2D eigenvalue weighted by Gasteiger charge is -2.37. The minimum Gasteiger partial charge on any atom is -0.362 e. The number of nitrogens with one attached hydrogen (secondary N) is 2. The van der Waals surface area contributed by atoms with Crippen LogP contribution in [-0.4, -0.2) is 17.9 Å². The van der Waals surface area contributed by atoms with E-state index in [-0.39, 0.29) is 11.7 Å². The van der Waals surface area contributed by atoms with E-state index in [9.17, 15) is 18.4 Å². The van der Waals surface area contributed by atoms with Crippen molar-refractivity contribution in [3.8, 4) is 0 Å². The highest BCUT2D eigenvalue weighted by atomic mass is 32.2. The van der Waals surface area contributed by atoms with E-state index in [2.05, 4.69) is 10.6 Å². The number of carbonyl (C=O) groups excluding carboxylic acids is 2. The number of thiophene rings is 1. The van der Waals surface area contributed by atoms with Crippen LogP contribution >= 0.6 is 23.1 Å². The van der Waals surface area contributed by atoms with Crippen LogP contribution in [0.25, 0.3) is 0 Å². The zero-order valence-electron chi connectivity index (χ0n) is 20.7. The van der Waals surface area contributed by atoms with Crippen molar-refractivity contribution in [2.24, 2.45) is 0 Å². The van der Waals surface area contributed by atoms with Gasteiger partial charge in [-0.3, -0.25) is 9.59 Å². The summed E-state index contributed by atoms with van der Waals surface area (Å²) >= 11 is 3.17. The molecule has 2 N–H and O–H groups in total. The molecule has 2 heterocycles. The molecule has 4 nitrogen and oxygen atoms in total. The van der Waals surface area contributed by atoms with Crippen LogP contribution in [0.3, 0.4) is 0 Å². The molecule has 0 radical (unpaired) electrons. The Morgan fingerprint density at radius 1 is 1.05 bits per heavy atom. The minimum absolute atomic E-state index is 0.0283. The number of aryl methyl sites for hydroxylation is 1. The molecule has 0 bridgehead atoms. The summed E-state index contributed by atoms with van der Waals surface area (Å²) in [5.74, 6) is -2.99. The largest absolute Gasteiger partial charge is 0.362 e. The third kappa shape index (κ3) is 4.76. The highest BCUT2D eigenvalue weighted by molar-refractivity contribution is 8.00. The zero-order chi connectivity index (χ0) is 26.3. The smallest absolute Gasteiger partial charge is 0.254 e. The Labute approximate surface area is 222 Å². The first-order valence-electron chi connectivity index (χ1n) is 12.0. The van der Waals surface area contributed by atoms with Crippen molar-refractivity contribution in [2.45, 2.75) is 42.7 Å². The molecule has 1 aliphatic carbocycles. The molecular formula is C29H26F2N2O2S2. The molecule has 190 valence electrons. The van der Waals surface area contributed by atoms with E-state index in [1.54, 1.807) is 30.0 Å². The Morgan fingerprint density at radius 3 is 2.43 bits per heavy atom. The van der Waals surface area contributed by atoms with Crippen molar-refractivity contribution in [2.75, 3.05) is 11.6 Å². The zero-order valence-corrected chi connectivity index (χ0v) is 22.3. The van der Waals surface area contributed by atoms with Gasteiger partial charge in [0.05, 0.1) is 4.21 Å². The standard InChI is InChI=1S/C29H26F2N2O2S2/c1-15-12-19(29(36-3)37-15)25-24(28(35)33-27-20(30)10-7-11-21(27)31)16(2)32-22-13-18(14-23(34)26(22)25)17-8-5-4-6-9-17/h4-12,18,25,32H,13-14H2,1-3H3,(H,33,35)/t18-,25-/m1/s1. The van der Waals surface area contributed by atoms with Crippen LogP contribution in [0.5, 0.6) is 0 Å². The number of halogens is 2. The fourth-order valence-corrected chi connectivity index (χ4v) is 7.20. The second-order valence-corrected chi connectivity index (χ2v) is 11.6. The maximum atomic E-state index is 14.4. The number of thioether (sulfide) groups is 1. The predicted octanol–water partition coefficient (Wildman–Crippen LogP) is 7.06. The average molecular weight is 537 g/mol. The summed E-state index contributed by atoms with van der Waals surface area (Å²) in [5.41, 5.74) is 3.68. The summed E-state index contributed by atoms with van der Waals surface area (Å²) in [6, 6.07) is 15.4. The fraction of sp³-hybridized carbons (Fsp3) is 0.241. The van der Waals surface area contributed by atoms with Crippen molar-refractivity contribution in [3.63, 3.8) is 0 Å². The van der Waals surface area contributed by atoms with Crippen LogP contribution in [0.4, 0.5) is 14.5 Å². The van der Waals surface area contributed by atoms with Gasteiger partial charge in [0.2, 0.25) is 0 Å². The number of amides is 1. The first kappa shape index (κ1) is 25.4. The molecule has 0 saturated heterocycles. The molecule has 2 atom stereocenters. The van der Waals surface area contributed by atoms with Crippen molar-refractivity contribution in [1.29, 1.82) is 0 Å². The molecule has 5 rings (SSSR count). The van der Waals surface area contributed by atoms with E-state index in [0.717, 1.165) is 38.0 Å². The third-order valence-electron chi connectivity index (χ3n) is 6.89. The SMILES string of the molecule is CSc1sc(C)cc1[C@@H]1C(C(=O)Nc2c(F)cccc2F)=C(C)NC2=C1C(=O)C[C@H](c1ccccc1)C2. The molecule has 0 saturated carbocycles. The second-order valence-electron chi connectivity index (χ2n) is 9.28. The molecular weight excluding hydrogens is 510 g/mol. The average Bonchev–Trinajstić information content (AvgIpc) is 3.26. The lowest BCUT2D eigenvalue weighted by molar-refractivity contribution is -0.116. The maximum absolute atomic E-state index is 14.4. The summed E-state index contributed by atoms with van der Waals surface area (Å²) < 4.78 is 29.8. The van der Waals surface area contributed by atoms with Crippen molar-refractivity contribution in [1.82, 2.24) is 5.32 Å². The van der Waals surface area contributed by atoms with Gasteiger partial charge in [0.15, 0.2) is 5.78 Å². The van der Waals surface area contributed by atoms with Crippen LogP contribution in [0.15, 0.2) is 81.3 Å². The second kappa shape index (κ2) is 10.3. The summed E-state index contributed by atoms with van der Waals surface area (Å²) in [6.45, 7) is 3.77. The van der Waals surface area contributed by atoms with Crippen LogP contribution in [0, 0.1) is 18.6 Å². The van der Waals surface area contributed by atoms with E-state index in [4.69, 9.17) is 0 Å². The molecule has 3 aromatic rings. The van der Waals surface area contributed by atoms with Gasteiger partial charge in [-0.15, -0.1) is 23.1 Å². The van der Waals surface area contributed by atoms with Gasteiger partial charge >= 0.3 is 0 Å². The Hall–Kier alpha value is -3.23. The van der Waals surface area contributed by atoms with Gasteiger partial charge in [-0.05, 0) is 61.8 Å². The predicted molar refractivity (Wildman–Crippen MR) is 145 cm³/mol. The number of dihydropyridines is 1. The molecule has 0 fully saturated rings. The van der Waals surface area contributed by atoms with Crippen molar-refractivity contribution < 1.29 is 18.4 Å². The van der Waals surface area contributed by atoms with E-state index >= 15 is 0 Å². The molecule has 2 aromatic carbocycles. The first-order valence-corrected chi connectivity index (χ1v) is 14.0. The number of anilines is 1. The van der Waals surface area contributed by atoms with Gasteiger partial charge in [0, 0.05) is 39.8 Å². The van der Waals surface area contributed by atoms with Gasteiger partial charge in [-0.25, -0.2) is 8.78 Å². The number of hydrogen-bond acceptors (Lipinski definition) is 5. The van der Waals surface area contributed by atoms with Gasteiger partial charge in [0.25, 0.3) is 5.91 Å². The van der Waals surface area contributed by atoms with Gasteiger partial charge in [0.1, 0.15) is 17.3 Å². The Balaban J connectivity index is 1.61. The van der Waals surface area contributed by atoms with Crippen molar-refractivity contribution in [3.05, 3.63) is 105 Å². The molecule has 1 aliphatic heterocycles. The molecule has 1 aromatic heterocycles. The highest BCUT2D eigenvalue weighted by Crippen LogP contribution is 2.49. The third-order valence-corrected chi connectivity index (χ3v) is 9.11. The molecule has 8 heteroatoms. The number of hydrogen-bond donors (Lipinski definition) is 2. The number of allylic oxidation sites excluding steroid dienone is 3. The van der Waals surface area contributed by atoms with Gasteiger partial charge < -0.3 is 10.6 Å². The van der Waals surface area contributed by atoms with Crippen LogP contribution < -0.4 is 10.6 Å². The molecule has 0 spiro atoms. The molecule has 2 aliphatic rings. The van der Waals surface area contributed by atoms with E-state index in [1.807, 2.05) is 49.6 Å². The van der Waals surface area contributed by atoms with E-state index < -0.39 is 29.1 Å². The number of ketones is 1. The quantitative estimate of drug-likeness (QED) is 0.343. The summed E-state index contributed by atoms with van der Waals surface area (Å²) in [6.07, 6.45) is 2.92. The van der Waals surface area contributed by atoms with E-state index in [0.29, 0.717) is 29.7 Å². The van der Waals surface area contributed by atoms with Crippen LogP contribution in [-0.2, 0) is 9.59 Å². The number of para-hydroxylation sites is 1. The normalized spacial score (nSPS) is 19.5. The topological polar surface area (TPSA) is 58.2 Å². The number of Topliss-reactive ketones (excluding diaryl/α,β-unsaturated/α-hetero) is 1. The lowest BCUT2D eigenvalue weighted by Crippen LogP contribution is -2.37. The highest BCUT2D eigenvalue weighted by Gasteiger charge is 2.42. The number of benzene rings is 2. The molecule has 37 heavy (non-hydrogen) atoms. The van der Waals surface area contributed by atoms with Gasteiger partial charge in [-0.1, -0.05) is 36.4 Å². The molecule has 1 amide bonds. The summed E-state index contributed by atoms with van der Waals surface area (Å²) in [5, 5.41) is 5.77. The maximum Gasteiger partial charge on any atom is 0.254 e. The minimum atomic E-state index is -0.859. The Morgan fingerprint density at radius 2 is 1.76 bits per heavy atom. The van der Waals surface area contributed by atoms with Gasteiger partial charge in [-0.2, -0.15) is 0 Å². The van der Waals surface area contributed by atoms with Crippen LogP contribution in [0.1, 0.15) is 47.6 Å².